The van der Waals surface area contributed by atoms with Crippen LogP contribution in [0.3, 0.4) is 0 Å². The lowest BCUT2D eigenvalue weighted by Gasteiger charge is -2.05. The Morgan fingerprint density at radius 3 is 3.25 bits per heavy atom. The molecule has 2 unspecified atom stereocenters. The van der Waals surface area contributed by atoms with Gasteiger partial charge in [0.25, 0.3) is 0 Å². The number of carbonyl (C=O) groups is 1. The van der Waals surface area contributed by atoms with Crippen molar-refractivity contribution in [3.05, 3.63) is 19.0 Å². The van der Waals surface area contributed by atoms with Crippen molar-refractivity contribution in [1.29, 1.82) is 0 Å². The zero-order valence-corrected chi connectivity index (χ0v) is 9.81. The van der Waals surface area contributed by atoms with Gasteiger partial charge in [-0.3, -0.25) is 4.79 Å². The van der Waals surface area contributed by atoms with Gasteiger partial charge in [0.15, 0.2) is 5.16 Å². The fourth-order valence-corrected chi connectivity index (χ4v) is 2.67. The van der Waals surface area contributed by atoms with Crippen LogP contribution in [-0.2, 0) is 16.1 Å². The number of thioether (sulfide) groups is 1. The van der Waals surface area contributed by atoms with Crippen molar-refractivity contribution in [1.82, 2.24) is 14.8 Å². The number of ether oxygens (including phenoxy) is 1. The van der Waals surface area contributed by atoms with Crippen molar-refractivity contribution in [3.8, 4) is 0 Å². The van der Waals surface area contributed by atoms with Crippen molar-refractivity contribution in [2.75, 3.05) is 0 Å². The minimum atomic E-state index is -0.164. The Kier molecular flexibility index (Phi) is 3.28. The predicted molar refractivity (Wildman–Crippen MR) is 60.0 cm³/mol. The van der Waals surface area contributed by atoms with Crippen LogP contribution >= 0.6 is 11.8 Å². The van der Waals surface area contributed by atoms with E-state index in [-0.39, 0.29) is 17.3 Å². The molecule has 1 saturated heterocycles. The number of hydrogen-bond acceptors (Lipinski definition) is 5. The molecule has 0 saturated carbocycles. The molecule has 0 amide bonds. The van der Waals surface area contributed by atoms with Gasteiger partial charge in [-0.25, -0.2) is 0 Å². The first-order valence-electron chi connectivity index (χ1n) is 5.06. The van der Waals surface area contributed by atoms with Gasteiger partial charge in [0.2, 0.25) is 0 Å². The molecule has 0 radical (unpaired) electrons. The number of cyclic esters (lactones) is 1. The normalized spacial score (nSPS) is 24.4. The Balaban J connectivity index is 2.06. The molecular formula is C10H13N3O2S. The molecule has 1 aliphatic rings. The number of esters is 1. The Morgan fingerprint density at radius 1 is 1.81 bits per heavy atom. The number of allylic oxidation sites excluding steroid dienone is 1. The Morgan fingerprint density at radius 2 is 2.62 bits per heavy atom. The summed E-state index contributed by atoms with van der Waals surface area (Å²) in [4.78, 5) is 11.5. The summed E-state index contributed by atoms with van der Waals surface area (Å²) in [5.74, 6) is -0.161. The lowest BCUT2D eigenvalue weighted by atomic mass is 10.3. The molecule has 0 N–H and O–H groups in total. The van der Waals surface area contributed by atoms with Crippen LogP contribution in [0.5, 0.6) is 0 Å². The third-order valence-corrected chi connectivity index (χ3v) is 3.48. The maximum Gasteiger partial charge on any atom is 0.319 e. The van der Waals surface area contributed by atoms with Crippen LogP contribution in [0.4, 0.5) is 0 Å². The van der Waals surface area contributed by atoms with Gasteiger partial charge in [-0.1, -0.05) is 17.8 Å². The molecule has 2 rings (SSSR count). The summed E-state index contributed by atoms with van der Waals surface area (Å²) >= 11 is 1.40. The highest BCUT2D eigenvalue weighted by atomic mass is 32.2. The standard InChI is InChI=1S/C10H13N3O2S/c1-3-4-13-6-11-12-10(13)16-8-5-7(2)15-9(8)14/h3,6-8H,1,4-5H2,2H3. The summed E-state index contributed by atoms with van der Waals surface area (Å²) in [7, 11) is 0. The fraction of sp³-hybridized carbons (Fsp3) is 0.500. The SMILES string of the molecule is C=CCn1cnnc1SC1CC(C)OC1=O. The van der Waals surface area contributed by atoms with Crippen LogP contribution in [-0.4, -0.2) is 32.1 Å². The average molecular weight is 239 g/mol. The highest BCUT2D eigenvalue weighted by Gasteiger charge is 2.33. The van der Waals surface area contributed by atoms with Gasteiger partial charge in [-0.2, -0.15) is 0 Å². The van der Waals surface area contributed by atoms with Crippen molar-refractivity contribution in [2.45, 2.75) is 36.4 Å². The molecule has 16 heavy (non-hydrogen) atoms. The number of carbonyl (C=O) groups excluding carboxylic acids is 1. The van der Waals surface area contributed by atoms with Crippen molar-refractivity contribution < 1.29 is 9.53 Å². The van der Waals surface area contributed by atoms with Gasteiger partial charge < -0.3 is 9.30 Å². The molecule has 0 aromatic carbocycles. The smallest absolute Gasteiger partial charge is 0.319 e. The van der Waals surface area contributed by atoms with Crippen LogP contribution in [0.25, 0.3) is 0 Å². The number of hydrogen-bond donors (Lipinski definition) is 0. The highest BCUT2D eigenvalue weighted by Crippen LogP contribution is 2.30. The molecule has 0 aliphatic carbocycles. The minimum absolute atomic E-state index is 0.000718. The molecule has 1 aromatic rings. The van der Waals surface area contributed by atoms with Crippen LogP contribution < -0.4 is 0 Å². The van der Waals surface area contributed by atoms with E-state index in [0.717, 1.165) is 11.6 Å². The minimum Gasteiger partial charge on any atom is -0.462 e. The van der Waals surface area contributed by atoms with Crippen molar-refractivity contribution in [2.24, 2.45) is 0 Å². The molecule has 0 spiro atoms. The van der Waals surface area contributed by atoms with E-state index in [9.17, 15) is 4.79 Å². The zero-order chi connectivity index (χ0) is 11.5. The second kappa shape index (κ2) is 4.69. The molecule has 2 atom stereocenters. The maximum atomic E-state index is 11.5. The van der Waals surface area contributed by atoms with E-state index in [1.54, 1.807) is 12.4 Å². The summed E-state index contributed by atoms with van der Waals surface area (Å²) < 4.78 is 6.94. The van der Waals surface area contributed by atoms with Crippen molar-refractivity contribution in [3.63, 3.8) is 0 Å². The topological polar surface area (TPSA) is 57.0 Å². The Bertz CT molecular complexity index is 405. The average Bonchev–Trinajstić information content (AvgIpc) is 2.77. The number of rotatable bonds is 4. The van der Waals surface area contributed by atoms with Crippen LogP contribution in [0.2, 0.25) is 0 Å². The Labute approximate surface area is 97.9 Å². The van der Waals surface area contributed by atoms with Gasteiger partial charge in [0.05, 0.1) is 0 Å². The van der Waals surface area contributed by atoms with Crippen LogP contribution in [0.15, 0.2) is 24.1 Å². The largest absolute Gasteiger partial charge is 0.462 e. The van der Waals surface area contributed by atoms with Gasteiger partial charge in [0.1, 0.15) is 17.7 Å². The summed E-state index contributed by atoms with van der Waals surface area (Å²) in [5, 5.41) is 8.37. The van der Waals surface area contributed by atoms with Crippen molar-refractivity contribution >= 4 is 17.7 Å². The maximum absolute atomic E-state index is 11.5. The highest BCUT2D eigenvalue weighted by molar-refractivity contribution is 8.00. The fourth-order valence-electron chi connectivity index (χ4n) is 1.54. The van der Waals surface area contributed by atoms with E-state index in [0.29, 0.717) is 6.54 Å². The Hall–Kier alpha value is -1.30. The van der Waals surface area contributed by atoms with Gasteiger partial charge in [-0.05, 0) is 6.92 Å². The second-order valence-electron chi connectivity index (χ2n) is 3.64. The van der Waals surface area contributed by atoms with Crippen LogP contribution in [0.1, 0.15) is 13.3 Å². The molecule has 1 aliphatic heterocycles. The monoisotopic (exact) mass is 239 g/mol. The summed E-state index contributed by atoms with van der Waals surface area (Å²) in [5.41, 5.74) is 0. The quantitative estimate of drug-likeness (QED) is 0.585. The molecule has 2 heterocycles. The van der Waals surface area contributed by atoms with E-state index in [1.165, 1.54) is 11.8 Å². The first kappa shape index (κ1) is 11.2. The second-order valence-corrected chi connectivity index (χ2v) is 4.81. The molecular weight excluding hydrogens is 226 g/mol. The number of aromatic nitrogens is 3. The summed E-state index contributed by atoms with van der Waals surface area (Å²) in [6.45, 7) is 6.20. The molecule has 6 heteroatoms. The van der Waals surface area contributed by atoms with E-state index < -0.39 is 0 Å². The van der Waals surface area contributed by atoms with Gasteiger partial charge in [-0.15, -0.1) is 16.8 Å². The molecule has 5 nitrogen and oxygen atoms in total. The lowest BCUT2D eigenvalue weighted by molar-refractivity contribution is -0.140. The molecule has 1 fully saturated rings. The predicted octanol–water partition coefficient (Wildman–Crippen LogP) is 1.26. The van der Waals surface area contributed by atoms with E-state index in [1.807, 2.05) is 11.5 Å². The molecule has 1 aromatic heterocycles. The van der Waals surface area contributed by atoms with Gasteiger partial charge in [0, 0.05) is 13.0 Å². The zero-order valence-electron chi connectivity index (χ0n) is 9.00. The van der Waals surface area contributed by atoms with Crippen LogP contribution in [0, 0.1) is 0 Å². The first-order valence-corrected chi connectivity index (χ1v) is 5.94. The summed E-state index contributed by atoms with van der Waals surface area (Å²) in [6, 6.07) is 0. The third-order valence-electron chi connectivity index (χ3n) is 2.28. The molecule has 0 bridgehead atoms. The van der Waals surface area contributed by atoms with E-state index in [2.05, 4.69) is 16.8 Å². The third kappa shape index (κ3) is 2.27. The molecule has 86 valence electrons. The van der Waals surface area contributed by atoms with Gasteiger partial charge >= 0.3 is 5.97 Å². The first-order chi connectivity index (χ1) is 7.70. The van der Waals surface area contributed by atoms with E-state index in [4.69, 9.17) is 4.74 Å². The number of nitrogens with zero attached hydrogens (tertiary/aromatic N) is 3. The summed E-state index contributed by atoms with van der Waals surface area (Å²) in [6.07, 6.45) is 4.13. The van der Waals surface area contributed by atoms with E-state index >= 15 is 0 Å². The lowest BCUT2D eigenvalue weighted by Crippen LogP contribution is -2.11.